The van der Waals surface area contributed by atoms with E-state index in [-0.39, 0.29) is 0 Å². The molecule has 1 N–H and O–H groups in total. The number of anilines is 1. The number of ether oxygens (including phenoxy) is 2. The summed E-state index contributed by atoms with van der Waals surface area (Å²) in [7, 11) is 5.82. The molecule has 0 bridgehead atoms. The van der Waals surface area contributed by atoms with Gasteiger partial charge in [-0.05, 0) is 75.8 Å². The molecule has 0 unspecified atom stereocenters. The summed E-state index contributed by atoms with van der Waals surface area (Å²) >= 11 is 0. The van der Waals surface area contributed by atoms with Gasteiger partial charge in [-0.3, -0.25) is 0 Å². The summed E-state index contributed by atoms with van der Waals surface area (Å²) < 4.78 is 11.7. The number of imidazole rings is 1. The van der Waals surface area contributed by atoms with Gasteiger partial charge in [-0.2, -0.15) is 0 Å². The zero-order valence-corrected chi connectivity index (χ0v) is 22.7. The van der Waals surface area contributed by atoms with Gasteiger partial charge in [0.05, 0.1) is 30.7 Å². The van der Waals surface area contributed by atoms with Gasteiger partial charge in [0, 0.05) is 36.9 Å². The molecule has 0 aliphatic carbocycles. The van der Waals surface area contributed by atoms with Crippen LogP contribution in [0.3, 0.4) is 0 Å². The fraction of sp³-hybridized carbons (Fsp3) is 0.414. The van der Waals surface area contributed by atoms with Gasteiger partial charge in [0.25, 0.3) is 0 Å². The Labute approximate surface area is 218 Å². The molecule has 1 aliphatic rings. The van der Waals surface area contributed by atoms with Crippen LogP contribution < -0.4 is 9.64 Å². The second-order valence-corrected chi connectivity index (χ2v) is 10.1. The van der Waals surface area contributed by atoms with E-state index in [0.717, 1.165) is 75.2 Å². The monoisotopic (exact) mass is 500 g/mol. The van der Waals surface area contributed by atoms with E-state index in [0.29, 0.717) is 26.3 Å². The van der Waals surface area contributed by atoms with E-state index in [1.807, 2.05) is 21.0 Å². The van der Waals surface area contributed by atoms with Crippen LogP contribution in [0.2, 0.25) is 0 Å². The molecule has 1 aliphatic heterocycles. The Bertz CT molecular complexity index is 1430. The lowest BCUT2D eigenvalue weighted by Gasteiger charge is -2.26. The molecule has 0 saturated carbocycles. The van der Waals surface area contributed by atoms with Gasteiger partial charge in [0.2, 0.25) is 0 Å². The SMILES string of the molecule is COCCc1c(C)nc(CN(C)C)nc1N1CCOc2c(C)cc(-c3ccc4nc(C)[nH]c4c3)cc2C1. The molecule has 2 aromatic heterocycles. The molecule has 3 heterocycles. The zero-order chi connectivity index (χ0) is 26.1. The van der Waals surface area contributed by atoms with Crippen LogP contribution in [0.25, 0.3) is 22.2 Å². The maximum Gasteiger partial charge on any atom is 0.144 e. The number of methoxy groups -OCH3 is 1. The number of aromatic amines is 1. The molecule has 0 fully saturated rings. The minimum atomic E-state index is 0.600. The third-order valence-corrected chi connectivity index (χ3v) is 6.81. The third-order valence-electron chi connectivity index (χ3n) is 6.81. The highest BCUT2D eigenvalue weighted by molar-refractivity contribution is 5.82. The number of nitrogens with zero attached hydrogens (tertiary/aromatic N) is 5. The van der Waals surface area contributed by atoms with Crippen molar-refractivity contribution in [2.45, 2.75) is 40.3 Å². The highest BCUT2D eigenvalue weighted by Gasteiger charge is 2.23. The Morgan fingerprint density at radius 2 is 1.89 bits per heavy atom. The second-order valence-electron chi connectivity index (χ2n) is 10.1. The molecular formula is C29H36N6O2. The Morgan fingerprint density at radius 3 is 2.68 bits per heavy atom. The topological polar surface area (TPSA) is 79.4 Å². The Morgan fingerprint density at radius 1 is 1.05 bits per heavy atom. The normalized spacial score (nSPS) is 13.6. The Hall–Kier alpha value is -3.49. The van der Waals surface area contributed by atoms with Crippen molar-refractivity contribution in [3.63, 3.8) is 0 Å². The first-order valence-electron chi connectivity index (χ1n) is 12.8. The van der Waals surface area contributed by atoms with Gasteiger partial charge < -0.3 is 24.3 Å². The first-order chi connectivity index (χ1) is 17.8. The zero-order valence-electron chi connectivity index (χ0n) is 22.7. The van der Waals surface area contributed by atoms with Crippen molar-refractivity contribution in [1.82, 2.24) is 24.8 Å². The number of H-pyrrole nitrogens is 1. The number of benzene rings is 2. The molecule has 0 saturated heterocycles. The summed E-state index contributed by atoms with van der Waals surface area (Å²) in [5, 5.41) is 0. The van der Waals surface area contributed by atoms with Gasteiger partial charge >= 0.3 is 0 Å². The summed E-state index contributed by atoms with van der Waals surface area (Å²) in [4.78, 5) is 22.2. The van der Waals surface area contributed by atoms with Crippen molar-refractivity contribution >= 4 is 16.9 Å². The molecule has 0 atom stereocenters. The Kier molecular flexibility index (Phi) is 7.13. The predicted molar refractivity (Wildman–Crippen MR) is 147 cm³/mol. The average Bonchev–Trinajstić information content (AvgIpc) is 3.08. The second kappa shape index (κ2) is 10.5. The quantitative estimate of drug-likeness (QED) is 0.397. The highest BCUT2D eigenvalue weighted by Crippen LogP contribution is 2.35. The molecular weight excluding hydrogens is 464 g/mol. The van der Waals surface area contributed by atoms with E-state index in [1.54, 1.807) is 7.11 Å². The molecule has 0 spiro atoms. The first-order valence-corrected chi connectivity index (χ1v) is 12.8. The molecule has 8 heteroatoms. The maximum absolute atomic E-state index is 6.31. The van der Waals surface area contributed by atoms with Crippen molar-refractivity contribution in [2.75, 3.05) is 45.9 Å². The molecule has 2 aromatic carbocycles. The number of hydrogen-bond donors (Lipinski definition) is 1. The minimum absolute atomic E-state index is 0.600. The fourth-order valence-corrected chi connectivity index (χ4v) is 5.13. The van der Waals surface area contributed by atoms with Crippen LogP contribution in [0.15, 0.2) is 30.3 Å². The van der Waals surface area contributed by atoms with Crippen molar-refractivity contribution in [3.8, 4) is 16.9 Å². The Balaban J connectivity index is 1.55. The van der Waals surface area contributed by atoms with Crippen molar-refractivity contribution in [1.29, 1.82) is 0 Å². The van der Waals surface area contributed by atoms with Gasteiger partial charge in [0.15, 0.2) is 0 Å². The predicted octanol–water partition coefficient (Wildman–Crippen LogP) is 4.59. The maximum atomic E-state index is 6.31. The number of aryl methyl sites for hydroxylation is 3. The van der Waals surface area contributed by atoms with Crippen LogP contribution in [0.1, 0.15) is 34.0 Å². The summed E-state index contributed by atoms with van der Waals surface area (Å²) in [6.07, 6.45) is 0.771. The van der Waals surface area contributed by atoms with Crippen LogP contribution >= 0.6 is 0 Å². The number of aromatic nitrogens is 4. The highest BCUT2D eigenvalue weighted by atomic mass is 16.5. The lowest BCUT2D eigenvalue weighted by molar-refractivity contribution is 0.202. The van der Waals surface area contributed by atoms with Gasteiger partial charge in [-0.15, -0.1) is 0 Å². The largest absolute Gasteiger partial charge is 0.491 e. The molecule has 0 radical (unpaired) electrons. The van der Waals surface area contributed by atoms with Crippen molar-refractivity contribution < 1.29 is 9.47 Å². The molecule has 4 aromatic rings. The van der Waals surface area contributed by atoms with Crippen LogP contribution in [-0.2, 0) is 24.2 Å². The smallest absolute Gasteiger partial charge is 0.144 e. The fourth-order valence-electron chi connectivity index (χ4n) is 5.13. The average molecular weight is 501 g/mol. The van der Waals surface area contributed by atoms with Crippen molar-refractivity contribution in [2.24, 2.45) is 0 Å². The van der Waals surface area contributed by atoms with Crippen molar-refractivity contribution in [3.05, 3.63) is 64.4 Å². The van der Waals surface area contributed by atoms with E-state index >= 15 is 0 Å². The van der Waals surface area contributed by atoms with Gasteiger partial charge in [0.1, 0.15) is 29.8 Å². The number of fused-ring (bicyclic) bond motifs is 2. The van der Waals surface area contributed by atoms with E-state index in [4.69, 9.17) is 19.4 Å². The summed E-state index contributed by atoms with van der Waals surface area (Å²) in [6, 6.07) is 10.9. The molecule has 194 valence electrons. The summed E-state index contributed by atoms with van der Waals surface area (Å²) in [6.45, 7) is 9.58. The lowest BCUT2D eigenvalue weighted by atomic mass is 9.98. The van der Waals surface area contributed by atoms with E-state index in [9.17, 15) is 0 Å². The van der Waals surface area contributed by atoms with Gasteiger partial charge in [-0.1, -0.05) is 6.07 Å². The third kappa shape index (κ3) is 5.31. The van der Waals surface area contributed by atoms with E-state index in [1.165, 1.54) is 5.56 Å². The van der Waals surface area contributed by atoms with Crippen LogP contribution in [-0.4, -0.2) is 65.8 Å². The minimum Gasteiger partial charge on any atom is -0.491 e. The van der Waals surface area contributed by atoms with Crippen LogP contribution in [0, 0.1) is 20.8 Å². The summed E-state index contributed by atoms with van der Waals surface area (Å²) in [5.74, 6) is 3.71. The van der Waals surface area contributed by atoms with E-state index in [2.05, 4.69) is 63.9 Å². The number of rotatable bonds is 7. The first kappa shape index (κ1) is 25.2. The lowest BCUT2D eigenvalue weighted by Crippen LogP contribution is -2.29. The molecule has 37 heavy (non-hydrogen) atoms. The molecule has 8 nitrogen and oxygen atoms in total. The molecule has 0 amide bonds. The number of hydrogen-bond acceptors (Lipinski definition) is 7. The standard InChI is InChI=1S/C29H36N6O2/c1-18-13-22(21-7-8-25-26(15-21)32-20(3)31-25)14-23-16-35(10-12-37-28(18)23)29-24(9-11-36-6)19(2)30-27(33-29)17-34(4)5/h7-8,13-15H,9-12,16-17H2,1-6H3,(H,31,32). The van der Waals surface area contributed by atoms with Crippen LogP contribution in [0.4, 0.5) is 5.82 Å². The number of nitrogens with one attached hydrogen (secondary N) is 1. The summed E-state index contributed by atoms with van der Waals surface area (Å²) in [5.41, 5.74) is 8.82. The van der Waals surface area contributed by atoms with Crippen LogP contribution in [0.5, 0.6) is 5.75 Å². The van der Waals surface area contributed by atoms with E-state index < -0.39 is 0 Å². The molecule has 5 rings (SSSR count). The van der Waals surface area contributed by atoms with Gasteiger partial charge in [-0.25, -0.2) is 15.0 Å².